The second-order valence-corrected chi connectivity index (χ2v) is 11.5. The van der Waals surface area contributed by atoms with Gasteiger partial charge in [-0.15, -0.1) is 0 Å². The van der Waals surface area contributed by atoms with Crippen LogP contribution in [0.5, 0.6) is 0 Å². The summed E-state index contributed by atoms with van der Waals surface area (Å²) in [6.07, 6.45) is 5.21. The number of aromatic nitrogens is 1. The third-order valence-electron chi connectivity index (χ3n) is 7.02. The van der Waals surface area contributed by atoms with Crippen LogP contribution in [0.3, 0.4) is 0 Å². The Hall–Kier alpha value is -3.13. The number of H-pyrrole nitrogens is 1. The van der Waals surface area contributed by atoms with Gasteiger partial charge in [-0.2, -0.15) is 0 Å². The first-order valence-corrected chi connectivity index (χ1v) is 13.6. The highest BCUT2D eigenvalue weighted by Crippen LogP contribution is 2.26. The summed E-state index contributed by atoms with van der Waals surface area (Å²) in [4.78, 5) is 31.4. The number of pyridine rings is 1. The zero-order chi connectivity index (χ0) is 25.3. The maximum atomic E-state index is 13.4. The molecule has 2 aromatic carbocycles. The molecule has 0 unspecified atom stereocenters. The van der Waals surface area contributed by atoms with E-state index in [1.807, 2.05) is 19.1 Å². The minimum absolute atomic E-state index is 0.0000534. The molecular weight excluding hydrogens is 462 g/mol. The van der Waals surface area contributed by atoms with Gasteiger partial charge in [-0.3, -0.25) is 13.9 Å². The fourth-order valence-corrected chi connectivity index (χ4v) is 5.95. The molecule has 2 heterocycles. The first-order chi connectivity index (χ1) is 16.6. The summed E-state index contributed by atoms with van der Waals surface area (Å²) in [5.74, 6) is 0.0444. The lowest BCUT2D eigenvalue weighted by Gasteiger charge is -2.35. The average Bonchev–Trinajstić information content (AvgIpc) is 2.87. The van der Waals surface area contributed by atoms with Crippen molar-refractivity contribution in [3.05, 3.63) is 70.0 Å². The minimum Gasteiger partial charge on any atom is -0.360 e. The smallest absolute Gasteiger partial charge is 0.264 e. The zero-order valence-electron chi connectivity index (χ0n) is 20.7. The van der Waals surface area contributed by atoms with Gasteiger partial charge in [0.25, 0.3) is 15.9 Å². The summed E-state index contributed by atoms with van der Waals surface area (Å²) in [6, 6.07) is 11.9. The number of carbonyl (C=O) groups excluding carboxylic acids is 1. The third kappa shape index (κ3) is 4.72. The Morgan fingerprint density at radius 2 is 1.86 bits per heavy atom. The van der Waals surface area contributed by atoms with Crippen molar-refractivity contribution in [3.63, 3.8) is 0 Å². The quantitative estimate of drug-likeness (QED) is 0.528. The molecule has 0 spiro atoms. The van der Waals surface area contributed by atoms with Crippen molar-refractivity contribution >= 4 is 32.5 Å². The second kappa shape index (κ2) is 9.85. The highest BCUT2D eigenvalue weighted by atomic mass is 32.2. The Morgan fingerprint density at radius 3 is 2.51 bits per heavy atom. The predicted molar refractivity (Wildman–Crippen MR) is 140 cm³/mol. The van der Waals surface area contributed by atoms with Crippen molar-refractivity contribution in [1.29, 1.82) is 0 Å². The Labute approximate surface area is 206 Å². The first-order valence-electron chi connectivity index (χ1n) is 12.2. The molecule has 186 valence electrons. The van der Waals surface area contributed by atoms with Crippen molar-refractivity contribution in [1.82, 2.24) is 9.88 Å². The summed E-state index contributed by atoms with van der Waals surface area (Å²) >= 11 is 0. The fourth-order valence-electron chi connectivity index (χ4n) is 4.73. The number of carbonyl (C=O) groups is 1. The molecule has 0 saturated carbocycles. The molecule has 35 heavy (non-hydrogen) atoms. The molecule has 0 bridgehead atoms. The van der Waals surface area contributed by atoms with Crippen LogP contribution in [-0.2, 0) is 10.0 Å². The molecule has 1 atom stereocenters. The third-order valence-corrected chi connectivity index (χ3v) is 8.81. The first kappa shape index (κ1) is 25.0. The van der Waals surface area contributed by atoms with E-state index in [0.717, 1.165) is 31.2 Å². The summed E-state index contributed by atoms with van der Waals surface area (Å²) < 4.78 is 28.0. The lowest BCUT2D eigenvalue weighted by Crippen LogP contribution is -2.44. The van der Waals surface area contributed by atoms with Gasteiger partial charge in [0.15, 0.2) is 0 Å². The van der Waals surface area contributed by atoms with Gasteiger partial charge in [0, 0.05) is 36.7 Å². The highest BCUT2D eigenvalue weighted by Gasteiger charge is 2.29. The number of anilines is 1. The molecule has 7 nitrogen and oxygen atoms in total. The SMILES string of the molecule is CC[C@H]1CCCCN1C(=O)c1c[nH]c2ccc(S(=O)(=O)N(C)c3ccc(C(C)C)cc3)cc2c1=O. The lowest BCUT2D eigenvalue weighted by molar-refractivity contribution is 0.0606. The molecular formula is C27H33N3O4S. The number of hydrogen-bond donors (Lipinski definition) is 1. The number of likely N-dealkylation sites (tertiary alicyclic amines) is 1. The number of sulfonamides is 1. The molecule has 4 rings (SSSR count). The van der Waals surface area contributed by atoms with Gasteiger partial charge < -0.3 is 9.88 Å². The maximum Gasteiger partial charge on any atom is 0.264 e. The van der Waals surface area contributed by atoms with Crippen LogP contribution in [0.2, 0.25) is 0 Å². The van der Waals surface area contributed by atoms with E-state index in [0.29, 0.717) is 23.7 Å². The van der Waals surface area contributed by atoms with Gasteiger partial charge in [0.05, 0.1) is 10.6 Å². The van der Waals surface area contributed by atoms with Gasteiger partial charge in [-0.05, 0) is 67.5 Å². The van der Waals surface area contributed by atoms with Gasteiger partial charge in [0.2, 0.25) is 5.43 Å². The predicted octanol–water partition coefficient (Wildman–Crippen LogP) is 4.88. The summed E-state index contributed by atoms with van der Waals surface area (Å²) in [5, 5.41) is 0.186. The van der Waals surface area contributed by atoms with E-state index in [9.17, 15) is 18.0 Å². The molecule has 1 saturated heterocycles. The normalized spacial score (nSPS) is 16.6. The van der Waals surface area contributed by atoms with Crippen LogP contribution in [0.4, 0.5) is 5.69 Å². The van der Waals surface area contributed by atoms with Crippen LogP contribution in [0, 0.1) is 0 Å². The Balaban J connectivity index is 1.71. The second-order valence-electron chi connectivity index (χ2n) is 9.51. The van der Waals surface area contributed by atoms with Crippen LogP contribution in [0.1, 0.15) is 68.3 Å². The number of aromatic amines is 1. The van der Waals surface area contributed by atoms with Crippen LogP contribution in [-0.4, -0.2) is 43.8 Å². The molecule has 1 fully saturated rings. The Morgan fingerprint density at radius 1 is 1.14 bits per heavy atom. The van der Waals surface area contributed by atoms with Crippen molar-refractivity contribution < 1.29 is 13.2 Å². The summed E-state index contributed by atoms with van der Waals surface area (Å²) in [7, 11) is -2.42. The molecule has 8 heteroatoms. The number of amides is 1. The Kier molecular flexibility index (Phi) is 7.03. The van der Waals surface area contributed by atoms with Gasteiger partial charge >= 0.3 is 0 Å². The number of benzene rings is 2. The Bertz CT molecular complexity index is 1390. The molecule has 0 radical (unpaired) electrons. The van der Waals surface area contributed by atoms with Crippen molar-refractivity contribution in [2.75, 3.05) is 17.9 Å². The largest absolute Gasteiger partial charge is 0.360 e. The number of piperidine rings is 1. The van der Waals surface area contributed by atoms with E-state index in [1.165, 1.54) is 29.7 Å². The lowest BCUT2D eigenvalue weighted by atomic mass is 9.99. The van der Waals surface area contributed by atoms with Crippen molar-refractivity contribution in [2.45, 2.75) is 63.3 Å². The van der Waals surface area contributed by atoms with E-state index in [1.54, 1.807) is 23.1 Å². The molecule has 1 amide bonds. The van der Waals surface area contributed by atoms with E-state index < -0.39 is 15.5 Å². The van der Waals surface area contributed by atoms with Crippen LogP contribution >= 0.6 is 0 Å². The van der Waals surface area contributed by atoms with E-state index in [2.05, 4.69) is 18.8 Å². The number of hydrogen-bond acceptors (Lipinski definition) is 4. The molecule has 1 aliphatic heterocycles. The number of nitrogens with zero attached hydrogens (tertiary/aromatic N) is 2. The van der Waals surface area contributed by atoms with E-state index >= 15 is 0 Å². The van der Waals surface area contributed by atoms with Gasteiger partial charge in [-0.1, -0.05) is 32.9 Å². The number of nitrogens with one attached hydrogen (secondary N) is 1. The molecule has 1 aliphatic rings. The average molecular weight is 496 g/mol. The van der Waals surface area contributed by atoms with Gasteiger partial charge in [0.1, 0.15) is 5.56 Å². The van der Waals surface area contributed by atoms with Crippen LogP contribution < -0.4 is 9.73 Å². The molecule has 1 N–H and O–H groups in total. The van der Waals surface area contributed by atoms with Crippen molar-refractivity contribution in [3.8, 4) is 0 Å². The van der Waals surface area contributed by atoms with Crippen LogP contribution in [0.15, 0.2) is 58.4 Å². The van der Waals surface area contributed by atoms with E-state index in [-0.39, 0.29) is 27.8 Å². The minimum atomic E-state index is -3.91. The zero-order valence-corrected chi connectivity index (χ0v) is 21.6. The standard InChI is InChI=1S/C27H33N3O4S/c1-5-20-8-6-7-15-30(20)27(32)24-17-28-25-14-13-22(16-23(25)26(24)31)35(33,34)29(4)21-11-9-19(10-12-21)18(2)3/h9-14,16-18,20H,5-8,15H2,1-4H3,(H,28,31)/t20-/m0/s1. The maximum absolute atomic E-state index is 13.4. The number of fused-ring (bicyclic) bond motifs is 1. The monoisotopic (exact) mass is 495 g/mol. The molecule has 1 aromatic heterocycles. The highest BCUT2D eigenvalue weighted by molar-refractivity contribution is 7.92. The van der Waals surface area contributed by atoms with Crippen LogP contribution in [0.25, 0.3) is 10.9 Å². The van der Waals surface area contributed by atoms with E-state index in [4.69, 9.17) is 0 Å². The number of rotatable bonds is 6. The molecule has 0 aliphatic carbocycles. The fraction of sp³-hybridized carbons (Fsp3) is 0.407. The summed E-state index contributed by atoms with van der Waals surface area (Å²) in [5.41, 5.74) is 1.73. The summed E-state index contributed by atoms with van der Waals surface area (Å²) in [6.45, 7) is 6.83. The van der Waals surface area contributed by atoms with Crippen molar-refractivity contribution in [2.24, 2.45) is 0 Å². The van der Waals surface area contributed by atoms with Gasteiger partial charge in [-0.25, -0.2) is 8.42 Å². The topological polar surface area (TPSA) is 90.6 Å². The molecule has 3 aromatic rings.